The third kappa shape index (κ3) is 2.35. The van der Waals surface area contributed by atoms with Crippen LogP contribution in [0.2, 0.25) is 0 Å². The predicted molar refractivity (Wildman–Crippen MR) is 78.0 cm³/mol. The van der Waals surface area contributed by atoms with Crippen LogP contribution in [0.15, 0.2) is 18.2 Å². The highest BCUT2D eigenvalue weighted by molar-refractivity contribution is 8.00. The van der Waals surface area contributed by atoms with Crippen LogP contribution >= 0.6 is 11.8 Å². The van der Waals surface area contributed by atoms with E-state index in [4.69, 9.17) is 0 Å². The molecule has 2 atom stereocenters. The van der Waals surface area contributed by atoms with Crippen molar-refractivity contribution in [3.8, 4) is 0 Å². The Hall–Kier alpha value is -2.09. The zero-order valence-corrected chi connectivity index (χ0v) is 12.1. The molecule has 3 rings (SSSR count). The third-order valence-electron chi connectivity index (χ3n) is 3.52. The van der Waals surface area contributed by atoms with E-state index in [2.05, 4.69) is 15.4 Å². The maximum atomic E-state index is 12.7. The molecule has 0 bridgehead atoms. The number of rotatable bonds is 3. The van der Waals surface area contributed by atoms with Gasteiger partial charge in [-0.25, -0.2) is 4.79 Å². The molecule has 21 heavy (non-hydrogen) atoms. The summed E-state index contributed by atoms with van der Waals surface area (Å²) < 4.78 is 0. The van der Waals surface area contributed by atoms with Crippen molar-refractivity contribution < 1.29 is 14.7 Å². The van der Waals surface area contributed by atoms with Crippen LogP contribution < -0.4 is 0 Å². The number of nitrogens with zero attached hydrogens (tertiary/aromatic N) is 3. The summed E-state index contributed by atoms with van der Waals surface area (Å²) in [5, 5.41) is 19.6. The minimum atomic E-state index is -0.964. The minimum Gasteiger partial charge on any atom is -0.480 e. The number of fused-ring (bicyclic) bond motifs is 1. The number of benzene rings is 1. The fraction of sp³-hybridized carbons (Fsp3) is 0.385. The van der Waals surface area contributed by atoms with E-state index in [1.807, 2.05) is 6.92 Å². The summed E-state index contributed by atoms with van der Waals surface area (Å²) in [6.07, 6.45) is 0.715. The number of carbonyl (C=O) groups is 2. The molecule has 1 aliphatic heterocycles. The van der Waals surface area contributed by atoms with Gasteiger partial charge in [-0.1, -0.05) is 6.92 Å². The van der Waals surface area contributed by atoms with Gasteiger partial charge in [0.25, 0.3) is 5.91 Å². The Morgan fingerprint density at radius 3 is 2.90 bits per heavy atom. The number of amides is 1. The first-order valence-corrected chi connectivity index (χ1v) is 7.64. The van der Waals surface area contributed by atoms with Crippen LogP contribution in [-0.2, 0) is 4.79 Å². The fourth-order valence-electron chi connectivity index (χ4n) is 2.46. The summed E-state index contributed by atoms with van der Waals surface area (Å²) in [6, 6.07) is 4.21. The molecule has 7 nitrogen and oxygen atoms in total. The molecule has 2 aromatic rings. The molecule has 1 amide bonds. The average Bonchev–Trinajstić information content (AvgIpc) is 3.11. The Morgan fingerprint density at radius 2 is 2.19 bits per heavy atom. The summed E-state index contributed by atoms with van der Waals surface area (Å²) in [6.45, 7) is 1.95. The second kappa shape index (κ2) is 5.36. The van der Waals surface area contributed by atoms with E-state index in [0.717, 1.165) is 0 Å². The first-order chi connectivity index (χ1) is 10.1. The van der Waals surface area contributed by atoms with Crippen LogP contribution in [0.1, 0.15) is 23.7 Å². The maximum absolute atomic E-state index is 12.7. The Labute approximate surface area is 124 Å². The minimum absolute atomic E-state index is 0.105. The monoisotopic (exact) mass is 306 g/mol. The summed E-state index contributed by atoms with van der Waals surface area (Å²) >= 11 is 1.51. The number of hydrogen-bond acceptors (Lipinski definition) is 5. The SMILES string of the molecule is CCC1SCC(C(=O)O)N1C(=O)c1ccc2n[nH]nc2c1. The van der Waals surface area contributed by atoms with E-state index in [9.17, 15) is 14.7 Å². The maximum Gasteiger partial charge on any atom is 0.327 e. The highest BCUT2D eigenvalue weighted by Crippen LogP contribution is 2.32. The number of aromatic nitrogens is 3. The second-order valence-electron chi connectivity index (χ2n) is 4.79. The summed E-state index contributed by atoms with van der Waals surface area (Å²) in [5.74, 6) is -0.815. The average molecular weight is 306 g/mol. The van der Waals surface area contributed by atoms with E-state index >= 15 is 0 Å². The van der Waals surface area contributed by atoms with Gasteiger partial charge in [0.05, 0.1) is 5.37 Å². The topological polar surface area (TPSA) is 99.2 Å². The third-order valence-corrected chi connectivity index (χ3v) is 4.98. The van der Waals surface area contributed by atoms with Gasteiger partial charge in [0.2, 0.25) is 0 Å². The molecule has 0 radical (unpaired) electrons. The molecule has 0 aliphatic carbocycles. The highest BCUT2D eigenvalue weighted by atomic mass is 32.2. The zero-order valence-electron chi connectivity index (χ0n) is 11.3. The molecule has 1 fully saturated rings. The van der Waals surface area contributed by atoms with Gasteiger partial charge in [0, 0.05) is 11.3 Å². The number of nitrogens with one attached hydrogen (secondary N) is 1. The molecule has 110 valence electrons. The van der Waals surface area contributed by atoms with E-state index in [-0.39, 0.29) is 11.3 Å². The molecule has 8 heteroatoms. The lowest BCUT2D eigenvalue weighted by Crippen LogP contribution is -2.45. The Morgan fingerprint density at radius 1 is 1.43 bits per heavy atom. The lowest BCUT2D eigenvalue weighted by Gasteiger charge is -2.26. The first kappa shape index (κ1) is 13.9. The second-order valence-corrected chi connectivity index (χ2v) is 6.00. The smallest absolute Gasteiger partial charge is 0.327 e. The van der Waals surface area contributed by atoms with Crippen molar-refractivity contribution in [2.75, 3.05) is 5.75 Å². The number of aromatic amines is 1. The van der Waals surface area contributed by atoms with E-state index < -0.39 is 12.0 Å². The van der Waals surface area contributed by atoms with Gasteiger partial charge in [0.15, 0.2) is 0 Å². The normalized spacial score (nSPS) is 21.9. The van der Waals surface area contributed by atoms with Gasteiger partial charge in [-0.15, -0.1) is 11.8 Å². The Bertz CT molecular complexity index is 702. The van der Waals surface area contributed by atoms with Crippen molar-refractivity contribution in [2.45, 2.75) is 24.8 Å². The number of carbonyl (C=O) groups excluding carboxylic acids is 1. The van der Waals surface area contributed by atoms with Gasteiger partial charge in [-0.3, -0.25) is 4.79 Å². The molecule has 1 aromatic carbocycles. The molecule has 1 aliphatic rings. The number of thioether (sulfide) groups is 1. The predicted octanol–water partition coefficient (Wildman–Crippen LogP) is 1.34. The standard InChI is InChI=1S/C13H14N4O3S/c1-2-11-17(10(6-21-11)13(19)20)12(18)7-3-4-8-9(5-7)15-16-14-8/h3-5,10-11H,2,6H2,1H3,(H,19,20)(H,14,15,16). The molecule has 0 spiro atoms. The van der Waals surface area contributed by atoms with E-state index in [1.165, 1.54) is 16.7 Å². The molecule has 2 heterocycles. The fourth-order valence-corrected chi connectivity index (χ4v) is 3.81. The first-order valence-electron chi connectivity index (χ1n) is 6.59. The van der Waals surface area contributed by atoms with E-state index in [1.54, 1.807) is 18.2 Å². The van der Waals surface area contributed by atoms with Gasteiger partial charge in [-0.2, -0.15) is 15.4 Å². The van der Waals surface area contributed by atoms with Crippen molar-refractivity contribution >= 4 is 34.7 Å². The lowest BCUT2D eigenvalue weighted by atomic mass is 10.1. The highest BCUT2D eigenvalue weighted by Gasteiger charge is 2.41. The zero-order chi connectivity index (χ0) is 15.0. The molecule has 1 saturated heterocycles. The van der Waals surface area contributed by atoms with Gasteiger partial charge >= 0.3 is 5.97 Å². The van der Waals surface area contributed by atoms with Crippen molar-refractivity contribution in [1.82, 2.24) is 20.3 Å². The molecular formula is C13H14N4O3S. The van der Waals surface area contributed by atoms with Crippen LogP contribution in [0, 0.1) is 0 Å². The van der Waals surface area contributed by atoms with E-state index in [0.29, 0.717) is 28.8 Å². The van der Waals surface area contributed by atoms with Crippen LogP contribution in [0.5, 0.6) is 0 Å². The lowest BCUT2D eigenvalue weighted by molar-refractivity contribution is -0.141. The van der Waals surface area contributed by atoms with Crippen molar-refractivity contribution in [3.05, 3.63) is 23.8 Å². The van der Waals surface area contributed by atoms with Crippen molar-refractivity contribution in [1.29, 1.82) is 0 Å². The molecule has 0 saturated carbocycles. The number of aliphatic carboxylic acids is 1. The van der Waals surface area contributed by atoms with Crippen LogP contribution in [0.3, 0.4) is 0 Å². The van der Waals surface area contributed by atoms with Gasteiger partial charge in [-0.05, 0) is 24.6 Å². The quantitative estimate of drug-likeness (QED) is 0.887. The number of carboxylic acid groups (broad SMARTS) is 1. The summed E-state index contributed by atoms with van der Waals surface area (Å²) in [5.41, 5.74) is 1.69. The van der Waals surface area contributed by atoms with Crippen LogP contribution in [0.4, 0.5) is 0 Å². The molecule has 2 N–H and O–H groups in total. The van der Waals surface area contributed by atoms with Crippen molar-refractivity contribution in [3.63, 3.8) is 0 Å². The van der Waals surface area contributed by atoms with Crippen LogP contribution in [0.25, 0.3) is 11.0 Å². The molecule has 1 aromatic heterocycles. The summed E-state index contributed by atoms with van der Waals surface area (Å²) in [7, 11) is 0. The molecule has 2 unspecified atom stereocenters. The molecular weight excluding hydrogens is 292 g/mol. The number of hydrogen-bond donors (Lipinski definition) is 2. The van der Waals surface area contributed by atoms with Gasteiger partial charge < -0.3 is 10.0 Å². The van der Waals surface area contributed by atoms with Crippen molar-refractivity contribution in [2.24, 2.45) is 0 Å². The summed E-state index contributed by atoms with van der Waals surface area (Å²) in [4.78, 5) is 25.5. The Balaban J connectivity index is 1.96. The van der Waals surface area contributed by atoms with Crippen LogP contribution in [-0.4, -0.2) is 54.5 Å². The van der Waals surface area contributed by atoms with Gasteiger partial charge in [0.1, 0.15) is 17.1 Å². The number of carboxylic acids is 1. The Kier molecular flexibility index (Phi) is 3.54. The number of H-pyrrole nitrogens is 1. The largest absolute Gasteiger partial charge is 0.480 e.